The predicted molar refractivity (Wildman–Crippen MR) is 132 cm³/mol. The van der Waals surface area contributed by atoms with E-state index >= 15 is 0 Å². The lowest BCUT2D eigenvalue weighted by molar-refractivity contribution is -0.133. The highest BCUT2D eigenvalue weighted by Gasteiger charge is 2.46. The van der Waals surface area contributed by atoms with E-state index in [0.717, 1.165) is 5.56 Å². The van der Waals surface area contributed by atoms with Gasteiger partial charge < -0.3 is 23.4 Å². The van der Waals surface area contributed by atoms with E-state index in [1.807, 2.05) is 44.2 Å². The number of benzene rings is 2. The molecule has 0 N–H and O–H groups in total. The molecule has 1 saturated heterocycles. The van der Waals surface area contributed by atoms with Gasteiger partial charge >= 0.3 is 6.09 Å². The lowest BCUT2D eigenvalue weighted by Crippen LogP contribution is -2.46. The van der Waals surface area contributed by atoms with Crippen LogP contribution in [0.2, 0.25) is 19.6 Å². The van der Waals surface area contributed by atoms with Crippen LogP contribution in [0.5, 0.6) is 17.2 Å². The van der Waals surface area contributed by atoms with Crippen molar-refractivity contribution >= 4 is 20.3 Å². The number of cyclic esters (lactones) is 1. The molecule has 0 aliphatic carbocycles. The summed E-state index contributed by atoms with van der Waals surface area (Å²) >= 11 is 0. The highest BCUT2D eigenvalue weighted by molar-refractivity contribution is 6.69. The second-order valence-corrected chi connectivity index (χ2v) is 14.6. The van der Waals surface area contributed by atoms with Gasteiger partial charge in [-0.2, -0.15) is 0 Å². The van der Waals surface area contributed by atoms with Gasteiger partial charge in [0.1, 0.15) is 12.4 Å². The van der Waals surface area contributed by atoms with Crippen LogP contribution in [0, 0.1) is 5.92 Å². The molecule has 2 aliphatic heterocycles. The lowest BCUT2D eigenvalue weighted by Gasteiger charge is -2.35. The minimum atomic E-state index is -2.16. The maximum absolute atomic E-state index is 14.3. The van der Waals surface area contributed by atoms with Gasteiger partial charge in [-0.15, -0.1) is 0 Å². The Balaban J connectivity index is 1.85. The minimum Gasteiger partial charge on any atom is -0.497 e. The van der Waals surface area contributed by atoms with Crippen LogP contribution in [0.1, 0.15) is 37.0 Å². The Labute approximate surface area is 207 Å². The van der Waals surface area contributed by atoms with Crippen molar-refractivity contribution in [3.63, 3.8) is 0 Å². The fraction of sp³-hybridized carbons (Fsp3) is 0.462. The molecule has 35 heavy (non-hydrogen) atoms. The van der Waals surface area contributed by atoms with Crippen molar-refractivity contribution in [3.05, 3.63) is 53.6 Å². The zero-order valence-corrected chi connectivity index (χ0v) is 22.1. The molecule has 0 bridgehead atoms. The Morgan fingerprint density at radius 3 is 2.29 bits per heavy atom. The number of nitrogens with zero attached hydrogens (tertiary/aromatic N) is 1. The van der Waals surface area contributed by atoms with Gasteiger partial charge in [-0.25, -0.2) is 9.69 Å². The standard InChI is InChI=1S/C26H33NO7Si/c1-16(2)20-14-31-26(29)27(20)25(28)23(18-9-12-21-22(13-18)33-15-32-21)24(34-35(4,5)6)17-7-10-19(30-3)11-8-17/h7-13,16,20,23-24H,14-15H2,1-6H3/t20-,23-,24-/m1/s1. The number of carbonyl (C=O) groups is 2. The molecule has 0 radical (unpaired) electrons. The summed E-state index contributed by atoms with van der Waals surface area (Å²) in [4.78, 5) is 28.3. The van der Waals surface area contributed by atoms with E-state index < -0.39 is 26.4 Å². The van der Waals surface area contributed by atoms with E-state index in [4.69, 9.17) is 23.4 Å². The average molecular weight is 500 g/mol. The van der Waals surface area contributed by atoms with Gasteiger partial charge in [0, 0.05) is 0 Å². The fourth-order valence-electron chi connectivity index (χ4n) is 4.39. The van der Waals surface area contributed by atoms with Crippen molar-refractivity contribution in [1.82, 2.24) is 4.90 Å². The van der Waals surface area contributed by atoms with Crippen LogP contribution in [0.4, 0.5) is 4.79 Å². The summed E-state index contributed by atoms with van der Waals surface area (Å²) in [6, 6.07) is 12.6. The lowest BCUT2D eigenvalue weighted by atomic mass is 9.87. The van der Waals surface area contributed by atoms with Crippen molar-refractivity contribution in [2.75, 3.05) is 20.5 Å². The quantitative estimate of drug-likeness (QED) is 0.467. The van der Waals surface area contributed by atoms with E-state index in [1.54, 1.807) is 19.2 Å². The molecule has 2 aromatic rings. The van der Waals surface area contributed by atoms with Crippen LogP contribution in [-0.4, -0.2) is 51.8 Å². The molecule has 2 aromatic carbocycles. The topological polar surface area (TPSA) is 83.5 Å². The van der Waals surface area contributed by atoms with Crippen molar-refractivity contribution in [2.24, 2.45) is 5.92 Å². The van der Waals surface area contributed by atoms with Crippen LogP contribution < -0.4 is 14.2 Å². The van der Waals surface area contributed by atoms with Gasteiger partial charge in [-0.3, -0.25) is 4.79 Å². The second-order valence-electron chi connectivity index (χ2n) is 10.1. The number of carbonyl (C=O) groups excluding carboxylic acids is 2. The van der Waals surface area contributed by atoms with E-state index in [0.29, 0.717) is 22.8 Å². The number of rotatable bonds is 8. The monoisotopic (exact) mass is 499 g/mol. The number of amides is 2. The first-order valence-electron chi connectivity index (χ1n) is 11.8. The van der Waals surface area contributed by atoms with Gasteiger partial charge in [-0.05, 0) is 61.0 Å². The summed E-state index contributed by atoms with van der Waals surface area (Å²) in [5, 5.41) is 0. The molecule has 0 spiro atoms. The highest BCUT2D eigenvalue weighted by Crippen LogP contribution is 2.43. The molecule has 9 heteroatoms. The average Bonchev–Trinajstić information content (AvgIpc) is 3.44. The summed E-state index contributed by atoms with van der Waals surface area (Å²) in [5.41, 5.74) is 1.50. The van der Waals surface area contributed by atoms with Crippen LogP contribution >= 0.6 is 0 Å². The number of imide groups is 1. The predicted octanol–water partition coefficient (Wildman–Crippen LogP) is 5.10. The number of hydrogen-bond donors (Lipinski definition) is 0. The van der Waals surface area contributed by atoms with Crippen LogP contribution in [0.3, 0.4) is 0 Å². The van der Waals surface area contributed by atoms with Gasteiger partial charge in [0.25, 0.3) is 0 Å². The first kappa shape index (κ1) is 25.1. The van der Waals surface area contributed by atoms with Crippen LogP contribution in [-0.2, 0) is 14.0 Å². The van der Waals surface area contributed by atoms with Gasteiger partial charge in [0.15, 0.2) is 19.8 Å². The van der Waals surface area contributed by atoms with E-state index in [9.17, 15) is 9.59 Å². The summed E-state index contributed by atoms with van der Waals surface area (Å²) in [7, 11) is -0.550. The Morgan fingerprint density at radius 2 is 1.66 bits per heavy atom. The molecule has 2 amide bonds. The van der Waals surface area contributed by atoms with E-state index in [1.165, 1.54) is 4.90 Å². The third-order valence-electron chi connectivity index (χ3n) is 6.16. The smallest absolute Gasteiger partial charge is 0.417 e. The molecule has 8 nitrogen and oxygen atoms in total. The maximum Gasteiger partial charge on any atom is 0.417 e. The summed E-state index contributed by atoms with van der Waals surface area (Å²) < 4.78 is 28.4. The summed E-state index contributed by atoms with van der Waals surface area (Å²) in [6.07, 6.45) is -1.26. The maximum atomic E-state index is 14.3. The molecule has 188 valence electrons. The normalized spacial score (nSPS) is 19.0. The molecule has 0 unspecified atom stereocenters. The first-order valence-corrected chi connectivity index (χ1v) is 15.2. The molecule has 4 rings (SSSR count). The van der Waals surface area contributed by atoms with Gasteiger partial charge in [0.2, 0.25) is 12.7 Å². The van der Waals surface area contributed by atoms with Gasteiger partial charge in [0.05, 0.1) is 25.2 Å². The molecular formula is C26H33NO7Si. The Hall–Kier alpha value is -3.04. The van der Waals surface area contributed by atoms with Crippen LogP contribution in [0.15, 0.2) is 42.5 Å². The first-order chi connectivity index (χ1) is 16.6. The van der Waals surface area contributed by atoms with Crippen molar-refractivity contribution < 1.29 is 33.0 Å². The Morgan fingerprint density at radius 1 is 1.00 bits per heavy atom. The molecular weight excluding hydrogens is 466 g/mol. The van der Waals surface area contributed by atoms with Gasteiger partial charge in [-0.1, -0.05) is 32.0 Å². The fourth-order valence-corrected chi connectivity index (χ4v) is 5.42. The zero-order valence-electron chi connectivity index (χ0n) is 21.1. The molecule has 3 atom stereocenters. The molecule has 0 saturated carbocycles. The van der Waals surface area contributed by atoms with Crippen molar-refractivity contribution in [3.8, 4) is 17.2 Å². The largest absolute Gasteiger partial charge is 0.497 e. The third-order valence-corrected chi connectivity index (χ3v) is 7.12. The Bertz CT molecular complexity index is 1080. The Kier molecular flexibility index (Phi) is 7.09. The molecule has 0 aromatic heterocycles. The number of methoxy groups -OCH3 is 1. The summed E-state index contributed by atoms with van der Waals surface area (Å²) in [6.45, 7) is 10.5. The van der Waals surface area contributed by atoms with Crippen molar-refractivity contribution in [2.45, 2.75) is 51.6 Å². The highest BCUT2D eigenvalue weighted by atomic mass is 28.4. The summed E-state index contributed by atoms with van der Waals surface area (Å²) in [5.74, 6) is 0.758. The molecule has 1 fully saturated rings. The number of ether oxygens (including phenoxy) is 4. The second kappa shape index (κ2) is 9.91. The molecule has 2 aliphatic rings. The SMILES string of the molecule is COc1ccc([C@@H](O[Si](C)(C)C)[C@H](C(=O)N2C(=O)OC[C@@H]2C(C)C)c2ccc3c(c2)OCO3)cc1. The minimum absolute atomic E-state index is 0.0418. The van der Waals surface area contributed by atoms with Crippen LogP contribution in [0.25, 0.3) is 0 Å². The van der Waals surface area contributed by atoms with E-state index in [-0.39, 0.29) is 31.3 Å². The molecule has 2 heterocycles. The number of hydrogen-bond acceptors (Lipinski definition) is 7. The van der Waals surface area contributed by atoms with E-state index in [2.05, 4.69) is 19.6 Å². The van der Waals surface area contributed by atoms with Crippen molar-refractivity contribution in [1.29, 1.82) is 0 Å². The third kappa shape index (κ3) is 5.30. The number of fused-ring (bicyclic) bond motifs is 1. The zero-order chi connectivity index (χ0) is 25.3.